The average molecular weight is 438 g/mol. The molecule has 0 aromatic heterocycles. The van der Waals surface area contributed by atoms with Crippen LogP contribution in [0.4, 0.5) is 11.4 Å². The molecule has 1 N–H and O–H groups in total. The van der Waals surface area contributed by atoms with Gasteiger partial charge in [-0.15, -0.1) is 0 Å². The minimum Gasteiger partial charge on any atom is -0.492 e. The van der Waals surface area contributed by atoms with Crippen LogP contribution < -0.4 is 15.0 Å². The lowest BCUT2D eigenvalue weighted by Crippen LogP contribution is -2.42. The first-order valence-corrected chi connectivity index (χ1v) is 11.1. The van der Waals surface area contributed by atoms with Crippen LogP contribution in [-0.2, 0) is 14.4 Å². The third kappa shape index (κ3) is 5.46. The molecule has 1 heterocycles. The van der Waals surface area contributed by atoms with Gasteiger partial charge < -0.3 is 19.9 Å². The van der Waals surface area contributed by atoms with Crippen molar-refractivity contribution in [2.45, 2.75) is 33.6 Å². The predicted octanol–water partition coefficient (Wildman–Crippen LogP) is 3.62. The molecule has 3 amide bonds. The number of carbonyl (C=O) groups is 3. The van der Waals surface area contributed by atoms with Crippen LogP contribution >= 0.6 is 0 Å². The van der Waals surface area contributed by atoms with Crippen molar-refractivity contribution >= 4 is 29.1 Å². The maximum Gasteiger partial charge on any atom is 0.244 e. The summed E-state index contributed by atoms with van der Waals surface area (Å²) in [4.78, 5) is 41.8. The Balaban J connectivity index is 1.69. The van der Waals surface area contributed by atoms with Gasteiger partial charge in [0.05, 0.1) is 24.8 Å². The molecule has 0 radical (unpaired) electrons. The molecule has 0 aliphatic carbocycles. The number of nitrogens with one attached hydrogen (secondary N) is 1. The van der Waals surface area contributed by atoms with Gasteiger partial charge >= 0.3 is 0 Å². The smallest absolute Gasteiger partial charge is 0.244 e. The summed E-state index contributed by atoms with van der Waals surface area (Å²) in [6.07, 6.45) is 0.847. The van der Waals surface area contributed by atoms with Crippen LogP contribution in [0.15, 0.2) is 48.5 Å². The van der Waals surface area contributed by atoms with Gasteiger partial charge in [0.2, 0.25) is 17.7 Å². The van der Waals surface area contributed by atoms with Gasteiger partial charge in [-0.25, -0.2) is 0 Å². The number of hydrogen-bond donors (Lipinski definition) is 1. The number of amides is 3. The van der Waals surface area contributed by atoms with Gasteiger partial charge in [-0.2, -0.15) is 0 Å². The maximum absolute atomic E-state index is 13.3. The lowest BCUT2D eigenvalue weighted by atomic mass is 10.1. The lowest BCUT2D eigenvalue weighted by Gasteiger charge is -2.25. The van der Waals surface area contributed by atoms with Crippen molar-refractivity contribution < 1.29 is 19.1 Å². The third-order valence-electron chi connectivity index (χ3n) is 5.49. The fourth-order valence-electron chi connectivity index (χ4n) is 3.94. The summed E-state index contributed by atoms with van der Waals surface area (Å²) in [7, 11) is 0. The van der Waals surface area contributed by atoms with E-state index in [-0.39, 0.29) is 37.2 Å². The number of anilines is 2. The first-order valence-electron chi connectivity index (χ1n) is 11.1. The van der Waals surface area contributed by atoms with E-state index in [1.807, 2.05) is 69.3 Å². The third-order valence-corrected chi connectivity index (χ3v) is 5.49. The van der Waals surface area contributed by atoms with Gasteiger partial charge in [0.25, 0.3) is 0 Å². The number of carbonyl (C=O) groups excluding carboxylic acids is 3. The highest BCUT2D eigenvalue weighted by Gasteiger charge is 2.38. The SMILES string of the molecule is CCCN(CC(=O)Nc1ccccc1C)C(=O)[C@@H]1CC(=O)N(c2ccccc2OCC)C1. The summed E-state index contributed by atoms with van der Waals surface area (Å²) >= 11 is 0. The van der Waals surface area contributed by atoms with Gasteiger partial charge in [0.15, 0.2) is 0 Å². The Labute approximate surface area is 189 Å². The van der Waals surface area contributed by atoms with Gasteiger partial charge in [0, 0.05) is 25.2 Å². The minimum atomic E-state index is -0.491. The quantitative estimate of drug-likeness (QED) is 0.650. The summed E-state index contributed by atoms with van der Waals surface area (Å²) in [6, 6.07) is 14.9. The highest BCUT2D eigenvalue weighted by atomic mass is 16.5. The van der Waals surface area contributed by atoms with E-state index in [4.69, 9.17) is 4.74 Å². The molecule has 7 nitrogen and oxygen atoms in total. The van der Waals surface area contributed by atoms with E-state index in [2.05, 4.69) is 5.32 Å². The van der Waals surface area contributed by atoms with Crippen LogP contribution in [-0.4, -0.2) is 48.9 Å². The molecule has 2 aromatic carbocycles. The number of para-hydroxylation sites is 3. The Kier molecular flexibility index (Phi) is 7.87. The molecule has 0 unspecified atom stereocenters. The van der Waals surface area contributed by atoms with Crippen LogP contribution in [0.1, 0.15) is 32.3 Å². The van der Waals surface area contributed by atoms with Gasteiger partial charge in [-0.1, -0.05) is 37.3 Å². The average Bonchev–Trinajstić information content (AvgIpc) is 3.16. The number of benzene rings is 2. The van der Waals surface area contributed by atoms with Crippen LogP contribution in [0, 0.1) is 12.8 Å². The van der Waals surface area contributed by atoms with E-state index >= 15 is 0 Å². The van der Waals surface area contributed by atoms with Crippen LogP contribution in [0.5, 0.6) is 5.75 Å². The largest absolute Gasteiger partial charge is 0.492 e. The molecular weight excluding hydrogens is 406 g/mol. The number of rotatable bonds is 9. The fourth-order valence-corrected chi connectivity index (χ4v) is 3.94. The van der Waals surface area contributed by atoms with E-state index in [1.54, 1.807) is 9.80 Å². The summed E-state index contributed by atoms with van der Waals surface area (Å²) in [5.41, 5.74) is 2.37. The number of hydrogen-bond acceptors (Lipinski definition) is 4. The Morgan fingerprint density at radius 3 is 2.56 bits per heavy atom. The lowest BCUT2D eigenvalue weighted by molar-refractivity contribution is -0.138. The van der Waals surface area contributed by atoms with E-state index in [9.17, 15) is 14.4 Å². The minimum absolute atomic E-state index is 0.0404. The Hall–Kier alpha value is -3.35. The standard InChI is InChI=1S/C25H31N3O4/c1-4-14-27(17-23(29)26-20-11-7-6-10-18(20)3)25(31)19-15-24(30)28(16-19)21-12-8-9-13-22(21)32-5-2/h6-13,19H,4-5,14-17H2,1-3H3,(H,26,29)/t19-/m1/s1. The maximum atomic E-state index is 13.3. The van der Waals surface area contributed by atoms with Crippen LogP contribution in [0.25, 0.3) is 0 Å². The molecule has 1 saturated heterocycles. The van der Waals surface area contributed by atoms with Crippen molar-refractivity contribution in [2.75, 3.05) is 36.5 Å². The molecule has 170 valence electrons. The molecule has 0 spiro atoms. The van der Waals surface area contributed by atoms with E-state index in [0.717, 1.165) is 17.7 Å². The van der Waals surface area contributed by atoms with Crippen molar-refractivity contribution in [2.24, 2.45) is 5.92 Å². The molecule has 32 heavy (non-hydrogen) atoms. The predicted molar refractivity (Wildman–Crippen MR) is 125 cm³/mol. The van der Waals surface area contributed by atoms with E-state index in [1.165, 1.54) is 0 Å². The van der Waals surface area contributed by atoms with Gasteiger partial charge in [0.1, 0.15) is 5.75 Å². The van der Waals surface area contributed by atoms with E-state index in [0.29, 0.717) is 24.6 Å². The van der Waals surface area contributed by atoms with Gasteiger partial charge in [-0.3, -0.25) is 14.4 Å². The Morgan fingerprint density at radius 1 is 1.12 bits per heavy atom. The zero-order valence-corrected chi connectivity index (χ0v) is 19.0. The van der Waals surface area contributed by atoms with E-state index < -0.39 is 5.92 Å². The second-order valence-corrected chi connectivity index (χ2v) is 7.93. The normalized spacial score (nSPS) is 15.5. The zero-order chi connectivity index (χ0) is 23.1. The molecule has 7 heteroatoms. The molecule has 1 fully saturated rings. The number of aryl methyl sites for hydroxylation is 1. The van der Waals surface area contributed by atoms with Crippen molar-refractivity contribution in [1.82, 2.24) is 4.90 Å². The highest BCUT2D eigenvalue weighted by Crippen LogP contribution is 2.33. The monoisotopic (exact) mass is 437 g/mol. The van der Waals surface area contributed by atoms with Crippen molar-refractivity contribution in [1.29, 1.82) is 0 Å². The Bertz CT molecular complexity index is 975. The fraction of sp³-hybridized carbons (Fsp3) is 0.400. The first-order chi connectivity index (χ1) is 15.4. The molecule has 1 atom stereocenters. The van der Waals surface area contributed by atoms with Crippen molar-refractivity contribution in [3.63, 3.8) is 0 Å². The molecule has 0 saturated carbocycles. The number of ether oxygens (including phenoxy) is 1. The molecule has 3 rings (SSSR count). The molecular formula is C25H31N3O4. The zero-order valence-electron chi connectivity index (χ0n) is 19.0. The van der Waals surface area contributed by atoms with Crippen molar-refractivity contribution in [3.05, 3.63) is 54.1 Å². The summed E-state index contributed by atoms with van der Waals surface area (Å²) in [5, 5.41) is 2.88. The summed E-state index contributed by atoms with van der Waals surface area (Å²) in [6.45, 7) is 6.96. The van der Waals surface area contributed by atoms with Crippen LogP contribution in [0.3, 0.4) is 0 Å². The molecule has 0 bridgehead atoms. The summed E-state index contributed by atoms with van der Waals surface area (Å²) < 4.78 is 5.66. The van der Waals surface area contributed by atoms with Crippen molar-refractivity contribution in [3.8, 4) is 5.75 Å². The molecule has 2 aromatic rings. The second kappa shape index (κ2) is 10.8. The Morgan fingerprint density at radius 2 is 1.84 bits per heavy atom. The first kappa shape index (κ1) is 23.3. The second-order valence-electron chi connectivity index (χ2n) is 7.93. The van der Waals surface area contributed by atoms with Crippen LogP contribution in [0.2, 0.25) is 0 Å². The topological polar surface area (TPSA) is 79.0 Å². The van der Waals surface area contributed by atoms with Gasteiger partial charge in [-0.05, 0) is 44.0 Å². The molecule has 1 aliphatic heterocycles. The summed E-state index contributed by atoms with van der Waals surface area (Å²) in [5.74, 6) is -0.397. The molecule has 1 aliphatic rings. The highest BCUT2D eigenvalue weighted by molar-refractivity contribution is 6.02. The number of nitrogens with zero attached hydrogens (tertiary/aromatic N) is 2.